The highest BCUT2D eigenvalue weighted by Gasteiger charge is 2.38. The molecule has 0 unspecified atom stereocenters. The molecule has 1 aromatic heterocycles. The quantitative estimate of drug-likeness (QED) is 0.832. The maximum absolute atomic E-state index is 6.13. The normalized spacial score (nSPS) is 17.7. The summed E-state index contributed by atoms with van der Waals surface area (Å²) in [4.78, 5) is 10.5. The van der Waals surface area contributed by atoms with Gasteiger partial charge >= 0.3 is 0 Å². The van der Waals surface area contributed by atoms with Gasteiger partial charge in [0.25, 0.3) is 0 Å². The smallest absolute Gasteiger partial charge is 0.218 e. The molecule has 5 heteroatoms. The second-order valence-electron chi connectivity index (χ2n) is 4.63. The minimum atomic E-state index is -0.0462. The van der Waals surface area contributed by atoms with Gasteiger partial charge in [0.1, 0.15) is 12.1 Å². The highest BCUT2D eigenvalue weighted by Crippen LogP contribution is 2.27. The van der Waals surface area contributed by atoms with Crippen molar-refractivity contribution < 1.29 is 4.74 Å². The van der Waals surface area contributed by atoms with Crippen LogP contribution in [-0.4, -0.2) is 35.2 Å². The Bertz CT molecular complexity index is 377. The Morgan fingerprint density at radius 2 is 2.18 bits per heavy atom. The van der Waals surface area contributed by atoms with E-state index in [2.05, 4.69) is 28.7 Å². The van der Waals surface area contributed by atoms with Gasteiger partial charge in [0.05, 0.1) is 12.1 Å². The molecule has 1 fully saturated rings. The van der Waals surface area contributed by atoms with E-state index in [4.69, 9.17) is 10.5 Å². The Hall–Kier alpha value is -1.36. The number of rotatable bonds is 5. The first kappa shape index (κ1) is 12.1. The third-order valence-electron chi connectivity index (χ3n) is 3.12. The number of nitrogens with zero attached hydrogens (tertiary/aromatic N) is 3. The van der Waals surface area contributed by atoms with Gasteiger partial charge in [0, 0.05) is 19.2 Å². The number of aromatic nitrogens is 2. The van der Waals surface area contributed by atoms with E-state index >= 15 is 0 Å². The lowest BCUT2D eigenvalue weighted by molar-refractivity contribution is 0.301. The van der Waals surface area contributed by atoms with Crippen LogP contribution in [0.25, 0.3) is 0 Å². The SMILES string of the molecule is CCCOc1cc(N2CC(N)(CC)C2)ncn1. The predicted octanol–water partition coefficient (Wildman–Crippen LogP) is 1.19. The van der Waals surface area contributed by atoms with Crippen LogP contribution in [0, 0.1) is 0 Å². The van der Waals surface area contributed by atoms with Gasteiger partial charge < -0.3 is 15.4 Å². The van der Waals surface area contributed by atoms with Gasteiger partial charge in [-0.15, -0.1) is 0 Å². The van der Waals surface area contributed by atoms with Crippen LogP contribution in [0.2, 0.25) is 0 Å². The molecule has 0 radical (unpaired) electrons. The summed E-state index contributed by atoms with van der Waals surface area (Å²) in [5.41, 5.74) is 6.09. The molecule has 0 saturated carbocycles. The summed E-state index contributed by atoms with van der Waals surface area (Å²) in [6.07, 6.45) is 3.52. The van der Waals surface area contributed by atoms with Gasteiger partial charge in [0.2, 0.25) is 5.88 Å². The highest BCUT2D eigenvalue weighted by atomic mass is 16.5. The summed E-state index contributed by atoms with van der Waals surface area (Å²) >= 11 is 0. The zero-order chi connectivity index (χ0) is 12.3. The summed E-state index contributed by atoms with van der Waals surface area (Å²) in [5.74, 6) is 1.54. The highest BCUT2D eigenvalue weighted by molar-refractivity contribution is 5.46. The molecular formula is C12H20N4O. The van der Waals surface area contributed by atoms with Crippen molar-refractivity contribution in [3.63, 3.8) is 0 Å². The van der Waals surface area contributed by atoms with Crippen molar-refractivity contribution in [1.29, 1.82) is 0 Å². The molecule has 1 aliphatic heterocycles. The molecule has 94 valence electrons. The van der Waals surface area contributed by atoms with E-state index in [1.807, 2.05) is 6.07 Å². The van der Waals surface area contributed by atoms with E-state index in [9.17, 15) is 0 Å². The number of nitrogens with two attached hydrogens (primary N) is 1. The largest absolute Gasteiger partial charge is 0.478 e. The third-order valence-corrected chi connectivity index (χ3v) is 3.12. The van der Waals surface area contributed by atoms with E-state index in [1.54, 1.807) is 6.33 Å². The molecule has 0 atom stereocenters. The fourth-order valence-corrected chi connectivity index (χ4v) is 1.89. The van der Waals surface area contributed by atoms with Crippen LogP contribution >= 0.6 is 0 Å². The van der Waals surface area contributed by atoms with Crippen LogP contribution in [0.1, 0.15) is 26.7 Å². The molecule has 17 heavy (non-hydrogen) atoms. The zero-order valence-corrected chi connectivity index (χ0v) is 10.5. The minimum Gasteiger partial charge on any atom is -0.478 e. The van der Waals surface area contributed by atoms with Gasteiger partial charge in [0.15, 0.2) is 0 Å². The lowest BCUT2D eigenvalue weighted by atomic mass is 9.88. The topological polar surface area (TPSA) is 64.3 Å². The van der Waals surface area contributed by atoms with Gasteiger partial charge in [-0.25, -0.2) is 9.97 Å². The Morgan fingerprint density at radius 1 is 1.41 bits per heavy atom. The Balaban J connectivity index is 1.98. The van der Waals surface area contributed by atoms with Crippen LogP contribution in [0.15, 0.2) is 12.4 Å². The minimum absolute atomic E-state index is 0.0462. The van der Waals surface area contributed by atoms with Crippen LogP contribution in [0.3, 0.4) is 0 Å². The van der Waals surface area contributed by atoms with Crippen molar-refractivity contribution in [2.24, 2.45) is 5.73 Å². The predicted molar refractivity (Wildman–Crippen MR) is 67.2 cm³/mol. The van der Waals surface area contributed by atoms with Crippen molar-refractivity contribution in [1.82, 2.24) is 9.97 Å². The zero-order valence-electron chi connectivity index (χ0n) is 10.5. The van der Waals surface area contributed by atoms with Crippen LogP contribution < -0.4 is 15.4 Å². The Morgan fingerprint density at radius 3 is 2.82 bits per heavy atom. The fraction of sp³-hybridized carbons (Fsp3) is 0.667. The van der Waals surface area contributed by atoms with E-state index < -0.39 is 0 Å². The maximum Gasteiger partial charge on any atom is 0.218 e. The standard InChI is InChI=1S/C12H20N4O/c1-3-5-17-11-6-10(14-9-15-11)16-7-12(13,4-2)8-16/h6,9H,3-5,7-8,13H2,1-2H3. The van der Waals surface area contributed by atoms with Crippen molar-refractivity contribution in [3.05, 3.63) is 12.4 Å². The molecule has 0 amide bonds. The van der Waals surface area contributed by atoms with Crippen molar-refractivity contribution in [3.8, 4) is 5.88 Å². The number of hydrogen-bond donors (Lipinski definition) is 1. The van der Waals surface area contributed by atoms with Crippen LogP contribution in [0.5, 0.6) is 5.88 Å². The monoisotopic (exact) mass is 236 g/mol. The van der Waals surface area contributed by atoms with Crippen LogP contribution in [0.4, 0.5) is 5.82 Å². The lowest BCUT2D eigenvalue weighted by Gasteiger charge is -2.48. The third kappa shape index (κ3) is 2.66. The molecule has 2 N–H and O–H groups in total. The molecule has 1 aliphatic rings. The first-order chi connectivity index (χ1) is 8.17. The molecule has 0 spiro atoms. The van der Waals surface area contributed by atoms with E-state index in [0.29, 0.717) is 12.5 Å². The van der Waals surface area contributed by atoms with Gasteiger partial charge in [-0.05, 0) is 12.8 Å². The fourth-order valence-electron chi connectivity index (χ4n) is 1.89. The van der Waals surface area contributed by atoms with Gasteiger partial charge in [-0.3, -0.25) is 0 Å². The summed E-state index contributed by atoms with van der Waals surface area (Å²) in [6.45, 7) is 6.59. The van der Waals surface area contributed by atoms with Gasteiger partial charge in [-0.2, -0.15) is 0 Å². The van der Waals surface area contributed by atoms with Gasteiger partial charge in [-0.1, -0.05) is 13.8 Å². The molecular weight excluding hydrogens is 216 g/mol. The summed E-state index contributed by atoms with van der Waals surface area (Å²) in [5, 5.41) is 0. The Kier molecular flexibility index (Phi) is 3.47. The average molecular weight is 236 g/mol. The summed E-state index contributed by atoms with van der Waals surface area (Å²) < 4.78 is 5.48. The lowest BCUT2D eigenvalue weighted by Crippen LogP contribution is -2.67. The Labute approximate surface area is 102 Å². The molecule has 0 aliphatic carbocycles. The van der Waals surface area contributed by atoms with E-state index in [0.717, 1.165) is 31.7 Å². The van der Waals surface area contributed by atoms with Crippen molar-refractivity contribution in [2.75, 3.05) is 24.6 Å². The average Bonchev–Trinajstić information content (AvgIpc) is 2.33. The first-order valence-electron chi connectivity index (χ1n) is 6.15. The molecule has 2 heterocycles. The number of anilines is 1. The second kappa shape index (κ2) is 4.87. The molecule has 1 saturated heterocycles. The first-order valence-corrected chi connectivity index (χ1v) is 6.15. The number of hydrogen-bond acceptors (Lipinski definition) is 5. The molecule has 1 aromatic rings. The molecule has 2 rings (SSSR count). The van der Waals surface area contributed by atoms with Crippen molar-refractivity contribution in [2.45, 2.75) is 32.2 Å². The molecule has 0 aromatic carbocycles. The van der Waals surface area contributed by atoms with E-state index in [1.165, 1.54) is 0 Å². The summed E-state index contributed by atoms with van der Waals surface area (Å²) in [7, 11) is 0. The van der Waals surface area contributed by atoms with Crippen molar-refractivity contribution >= 4 is 5.82 Å². The van der Waals surface area contributed by atoms with E-state index in [-0.39, 0.29) is 5.54 Å². The second-order valence-corrected chi connectivity index (χ2v) is 4.63. The van der Waals surface area contributed by atoms with Crippen LogP contribution in [-0.2, 0) is 0 Å². The molecule has 0 bridgehead atoms. The molecule has 5 nitrogen and oxygen atoms in total. The summed E-state index contributed by atoms with van der Waals surface area (Å²) in [6, 6.07) is 1.88. The number of ether oxygens (including phenoxy) is 1. The maximum atomic E-state index is 6.13.